The van der Waals surface area contributed by atoms with Crippen LogP contribution in [-0.2, 0) is 20.2 Å². The Balaban J connectivity index is 1.27. The van der Waals surface area contributed by atoms with Gasteiger partial charge in [-0.2, -0.15) is 5.10 Å². The molecule has 5 aromatic rings. The number of benzene rings is 2. The minimum absolute atomic E-state index is 0.357. The monoisotopic (exact) mass is 410 g/mol. The van der Waals surface area contributed by atoms with Gasteiger partial charge in [0.25, 0.3) is 0 Å². The predicted molar refractivity (Wildman–Crippen MR) is 121 cm³/mol. The first-order valence-electron chi connectivity index (χ1n) is 10.1. The van der Waals surface area contributed by atoms with E-state index in [9.17, 15) is 0 Å². The zero-order valence-corrected chi connectivity index (χ0v) is 17.1. The average Bonchev–Trinajstić information content (AvgIpc) is 3.43. The first-order valence-corrected chi connectivity index (χ1v) is 10.1. The van der Waals surface area contributed by atoms with Gasteiger partial charge in [0.1, 0.15) is 23.7 Å². The van der Waals surface area contributed by atoms with Crippen molar-refractivity contribution >= 4 is 16.9 Å². The van der Waals surface area contributed by atoms with Crippen LogP contribution < -0.4 is 10.1 Å². The highest BCUT2D eigenvalue weighted by molar-refractivity contribution is 5.85. The number of nitrogens with zero attached hydrogens (tertiary/aromatic N) is 4. The second-order valence-electron chi connectivity index (χ2n) is 7.29. The highest BCUT2D eigenvalue weighted by Gasteiger charge is 2.09. The molecule has 3 aromatic heterocycles. The number of ether oxygens (including phenoxy) is 1. The summed E-state index contributed by atoms with van der Waals surface area (Å²) >= 11 is 0. The smallest absolute Gasteiger partial charge is 0.159 e. The highest BCUT2D eigenvalue weighted by Crippen LogP contribution is 2.22. The lowest BCUT2D eigenvalue weighted by Gasteiger charge is -2.07. The zero-order chi connectivity index (χ0) is 21.0. The van der Waals surface area contributed by atoms with Crippen LogP contribution in [0.1, 0.15) is 11.4 Å². The molecule has 0 atom stereocenters. The minimum Gasteiger partial charge on any atom is -0.486 e. The maximum Gasteiger partial charge on any atom is 0.159 e. The van der Waals surface area contributed by atoms with E-state index in [2.05, 4.69) is 49.6 Å². The molecule has 2 N–H and O–H groups in total. The number of fused-ring (bicyclic) bond motifs is 1. The summed E-state index contributed by atoms with van der Waals surface area (Å²) in [5, 5.41) is 7.71. The standard InChI is InChI=1S/C24H22N6O/c1-30-15-19(14-27-30)18-9-7-17(8-10-18)13-26-21-11-12-25-24-23(21)28-22(29-24)16-31-20-5-3-2-4-6-20/h2-12,14-15H,13,16H2,1H3,(H2,25,26,28,29). The van der Waals surface area contributed by atoms with E-state index in [4.69, 9.17) is 4.74 Å². The molecular formula is C24H22N6O. The quantitative estimate of drug-likeness (QED) is 0.411. The summed E-state index contributed by atoms with van der Waals surface area (Å²) in [4.78, 5) is 12.3. The molecule has 31 heavy (non-hydrogen) atoms. The fourth-order valence-corrected chi connectivity index (χ4v) is 3.42. The molecule has 3 heterocycles. The molecule has 0 spiro atoms. The third kappa shape index (κ3) is 4.25. The molecule has 0 radical (unpaired) electrons. The Morgan fingerprint density at radius 2 is 1.84 bits per heavy atom. The Morgan fingerprint density at radius 1 is 1.00 bits per heavy atom. The van der Waals surface area contributed by atoms with Crippen molar-refractivity contribution in [3.05, 3.63) is 90.6 Å². The molecule has 2 aromatic carbocycles. The van der Waals surface area contributed by atoms with Crippen molar-refractivity contribution in [2.45, 2.75) is 13.2 Å². The van der Waals surface area contributed by atoms with Gasteiger partial charge in [-0.1, -0.05) is 42.5 Å². The van der Waals surface area contributed by atoms with E-state index in [-0.39, 0.29) is 0 Å². The third-order valence-corrected chi connectivity index (χ3v) is 5.03. The molecule has 0 unspecified atom stereocenters. The largest absolute Gasteiger partial charge is 0.486 e. The Hall–Kier alpha value is -4.13. The SMILES string of the molecule is Cn1cc(-c2ccc(CNc3ccnc4[nH]c(COc5ccccc5)nc34)cc2)cn1. The normalized spacial score (nSPS) is 11.0. The van der Waals surface area contributed by atoms with Crippen molar-refractivity contribution in [3.63, 3.8) is 0 Å². The lowest BCUT2D eigenvalue weighted by atomic mass is 10.1. The van der Waals surface area contributed by atoms with Gasteiger partial charge in [0.2, 0.25) is 0 Å². The van der Waals surface area contributed by atoms with E-state index in [1.807, 2.05) is 60.5 Å². The molecule has 0 amide bonds. The van der Waals surface area contributed by atoms with Crippen molar-refractivity contribution in [1.29, 1.82) is 0 Å². The predicted octanol–water partition coefficient (Wildman–Crippen LogP) is 4.55. The molecule has 0 aliphatic heterocycles. The second-order valence-corrected chi connectivity index (χ2v) is 7.29. The molecule has 7 heteroatoms. The number of imidazole rings is 1. The number of rotatable bonds is 7. The van der Waals surface area contributed by atoms with Gasteiger partial charge in [-0.25, -0.2) is 9.97 Å². The van der Waals surface area contributed by atoms with E-state index in [1.54, 1.807) is 6.20 Å². The van der Waals surface area contributed by atoms with Crippen molar-refractivity contribution in [3.8, 4) is 16.9 Å². The summed E-state index contributed by atoms with van der Waals surface area (Å²) in [6.07, 6.45) is 5.66. The molecule has 0 bridgehead atoms. The summed E-state index contributed by atoms with van der Waals surface area (Å²) in [5.41, 5.74) is 5.92. The number of para-hydroxylation sites is 1. The number of hydrogen-bond acceptors (Lipinski definition) is 5. The van der Waals surface area contributed by atoms with Gasteiger partial charge >= 0.3 is 0 Å². The van der Waals surface area contributed by atoms with Gasteiger partial charge in [0.05, 0.1) is 11.9 Å². The van der Waals surface area contributed by atoms with E-state index in [1.165, 1.54) is 5.56 Å². The Kier molecular flexibility index (Phi) is 5.06. The fourth-order valence-electron chi connectivity index (χ4n) is 3.42. The van der Waals surface area contributed by atoms with Gasteiger partial charge in [-0.3, -0.25) is 4.68 Å². The second kappa shape index (κ2) is 8.31. The number of aromatic nitrogens is 5. The molecule has 7 nitrogen and oxygen atoms in total. The van der Waals surface area contributed by atoms with Crippen LogP contribution >= 0.6 is 0 Å². The Morgan fingerprint density at radius 3 is 2.61 bits per heavy atom. The van der Waals surface area contributed by atoms with Crippen LogP contribution in [0.25, 0.3) is 22.3 Å². The lowest BCUT2D eigenvalue weighted by molar-refractivity contribution is 0.297. The van der Waals surface area contributed by atoms with Gasteiger partial charge in [0, 0.05) is 31.5 Å². The van der Waals surface area contributed by atoms with Crippen molar-refractivity contribution in [1.82, 2.24) is 24.7 Å². The van der Waals surface area contributed by atoms with Crippen molar-refractivity contribution in [2.24, 2.45) is 7.05 Å². The number of nitrogens with one attached hydrogen (secondary N) is 2. The fraction of sp³-hybridized carbons (Fsp3) is 0.125. The van der Waals surface area contributed by atoms with E-state index < -0.39 is 0 Å². The van der Waals surface area contributed by atoms with Crippen LogP contribution in [-0.4, -0.2) is 24.7 Å². The summed E-state index contributed by atoms with van der Waals surface area (Å²) < 4.78 is 7.60. The molecule has 0 aliphatic carbocycles. The molecular weight excluding hydrogens is 388 g/mol. The minimum atomic E-state index is 0.357. The van der Waals surface area contributed by atoms with Crippen LogP contribution in [0.5, 0.6) is 5.75 Å². The van der Waals surface area contributed by atoms with E-state index in [0.717, 1.165) is 39.6 Å². The van der Waals surface area contributed by atoms with Crippen LogP contribution in [0.15, 0.2) is 79.3 Å². The average molecular weight is 410 g/mol. The number of aryl methyl sites for hydroxylation is 1. The molecule has 0 aliphatic rings. The topological polar surface area (TPSA) is 80.7 Å². The van der Waals surface area contributed by atoms with Gasteiger partial charge in [0.15, 0.2) is 5.65 Å². The molecule has 0 saturated carbocycles. The Bertz CT molecular complexity index is 1290. The van der Waals surface area contributed by atoms with Crippen LogP contribution in [0, 0.1) is 0 Å². The first-order chi connectivity index (χ1) is 15.2. The maximum atomic E-state index is 5.79. The third-order valence-electron chi connectivity index (χ3n) is 5.03. The summed E-state index contributed by atoms with van der Waals surface area (Å²) in [6.45, 7) is 1.05. The number of H-pyrrole nitrogens is 1. The number of anilines is 1. The highest BCUT2D eigenvalue weighted by atomic mass is 16.5. The van der Waals surface area contributed by atoms with Gasteiger partial charge < -0.3 is 15.0 Å². The van der Waals surface area contributed by atoms with Gasteiger partial charge in [-0.05, 0) is 29.3 Å². The molecule has 5 rings (SSSR count). The summed E-state index contributed by atoms with van der Waals surface area (Å²) in [7, 11) is 1.92. The number of aromatic amines is 1. The Labute approximate surface area is 179 Å². The van der Waals surface area contributed by atoms with Gasteiger partial charge in [-0.15, -0.1) is 0 Å². The first kappa shape index (κ1) is 18.9. The van der Waals surface area contributed by atoms with Crippen LogP contribution in [0.3, 0.4) is 0 Å². The van der Waals surface area contributed by atoms with Crippen molar-refractivity contribution in [2.75, 3.05) is 5.32 Å². The number of pyridine rings is 1. The summed E-state index contributed by atoms with van der Waals surface area (Å²) in [6, 6.07) is 20.1. The lowest BCUT2D eigenvalue weighted by Crippen LogP contribution is -2.00. The summed E-state index contributed by atoms with van der Waals surface area (Å²) in [5.74, 6) is 1.55. The van der Waals surface area contributed by atoms with Crippen molar-refractivity contribution < 1.29 is 4.74 Å². The zero-order valence-electron chi connectivity index (χ0n) is 17.1. The van der Waals surface area contributed by atoms with Crippen LogP contribution in [0.4, 0.5) is 5.69 Å². The van der Waals surface area contributed by atoms with Crippen LogP contribution in [0.2, 0.25) is 0 Å². The van der Waals surface area contributed by atoms with E-state index >= 15 is 0 Å². The molecule has 0 saturated heterocycles. The number of hydrogen-bond donors (Lipinski definition) is 2. The maximum absolute atomic E-state index is 5.79. The molecule has 0 fully saturated rings. The molecule has 154 valence electrons. The van der Waals surface area contributed by atoms with E-state index in [0.29, 0.717) is 13.2 Å².